The van der Waals surface area contributed by atoms with Gasteiger partial charge in [0.05, 0.1) is 12.7 Å². The van der Waals surface area contributed by atoms with Crippen molar-refractivity contribution >= 4 is 11.8 Å². The van der Waals surface area contributed by atoms with Crippen molar-refractivity contribution in [2.75, 3.05) is 6.61 Å². The summed E-state index contributed by atoms with van der Waals surface area (Å²) in [5.74, 6) is 4.22. The van der Waals surface area contributed by atoms with Crippen molar-refractivity contribution in [3.05, 3.63) is 11.8 Å². The maximum absolute atomic E-state index is 12.0. The minimum Gasteiger partial charge on any atom is -0.494 e. The molecule has 2 saturated carbocycles. The van der Waals surface area contributed by atoms with E-state index in [4.69, 9.17) is 9.47 Å². The molecule has 4 nitrogen and oxygen atoms in total. The Balaban J connectivity index is 1.52. The number of ketones is 1. The lowest BCUT2D eigenvalue weighted by atomic mass is 9.49. The summed E-state index contributed by atoms with van der Waals surface area (Å²) in [5.41, 5.74) is 0.356. The van der Waals surface area contributed by atoms with E-state index in [1.807, 2.05) is 6.92 Å². The van der Waals surface area contributed by atoms with Gasteiger partial charge < -0.3 is 9.47 Å². The van der Waals surface area contributed by atoms with Gasteiger partial charge in [0.25, 0.3) is 0 Å². The number of ether oxygens (including phenoxy) is 2. The highest BCUT2D eigenvalue weighted by Crippen LogP contribution is 2.67. The molecular formula is C26H40O4. The van der Waals surface area contributed by atoms with Crippen molar-refractivity contribution in [2.45, 2.75) is 92.1 Å². The molecule has 0 bridgehead atoms. The van der Waals surface area contributed by atoms with E-state index in [-0.39, 0.29) is 23.3 Å². The van der Waals surface area contributed by atoms with Gasteiger partial charge in [0, 0.05) is 30.3 Å². The van der Waals surface area contributed by atoms with Gasteiger partial charge >= 0.3 is 5.97 Å². The van der Waals surface area contributed by atoms with Crippen LogP contribution in [0, 0.1) is 40.4 Å². The predicted octanol–water partition coefficient (Wildman–Crippen LogP) is 5.70. The third kappa shape index (κ3) is 3.42. The van der Waals surface area contributed by atoms with Crippen LogP contribution in [0.2, 0.25) is 0 Å². The van der Waals surface area contributed by atoms with Gasteiger partial charge in [-0.25, -0.2) is 0 Å². The second-order valence-corrected chi connectivity index (χ2v) is 11.1. The van der Waals surface area contributed by atoms with Gasteiger partial charge in [-0.2, -0.15) is 0 Å². The Morgan fingerprint density at radius 2 is 2.00 bits per heavy atom. The lowest BCUT2D eigenvalue weighted by molar-refractivity contribution is -0.154. The predicted molar refractivity (Wildman–Crippen MR) is 117 cm³/mol. The molecule has 0 aromatic carbocycles. The van der Waals surface area contributed by atoms with Crippen LogP contribution in [-0.2, 0) is 19.1 Å². The summed E-state index contributed by atoms with van der Waals surface area (Å²) >= 11 is 0. The van der Waals surface area contributed by atoms with Crippen molar-refractivity contribution in [3.8, 4) is 0 Å². The van der Waals surface area contributed by atoms with E-state index in [9.17, 15) is 9.59 Å². The molecule has 1 saturated heterocycles. The molecule has 0 spiro atoms. The van der Waals surface area contributed by atoms with Crippen LogP contribution in [0.3, 0.4) is 0 Å². The highest BCUT2D eigenvalue weighted by atomic mass is 16.5. The normalized spacial score (nSPS) is 43.6. The fourth-order valence-corrected chi connectivity index (χ4v) is 8.05. The van der Waals surface area contributed by atoms with Gasteiger partial charge in [-0.1, -0.05) is 20.8 Å². The van der Waals surface area contributed by atoms with E-state index < -0.39 is 0 Å². The summed E-state index contributed by atoms with van der Waals surface area (Å²) in [7, 11) is 0. The summed E-state index contributed by atoms with van der Waals surface area (Å²) in [4.78, 5) is 23.9. The monoisotopic (exact) mass is 416 g/mol. The van der Waals surface area contributed by atoms with Gasteiger partial charge in [0.15, 0.2) is 5.78 Å². The van der Waals surface area contributed by atoms with E-state index in [0.29, 0.717) is 54.5 Å². The van der Waals surface area contributed by atoms with Gasteiger partial charge in [-0.15, -0.1) is 0 Å². The van der Waals surface area contributed by atoms with Crippen LogP contribution in [0.1, 0.15) is 86.0 Å². The molecule has 0 radical (unpaired) electrons. The molecule has 4 rings (SSSR count). The van der Waals surface area contributed by atoms with Crippen LogP contribution < -0.4 is 0 Å². The first kappa shape index (κ1) is 21.9. The van der Waals surface area contributed by atoms with E-state index in [1.165, 1.54) is 25.7 Å². The first-order chi connectivity index (χ1) is 14.2. The zero-order valence-corrected chi connectivity index (χ0v) is 19.5. The first-order valence-electron chi connectivity index (χ1n) is 12.3. The summed E-state index contributed by atoms with van der Waals surface area (Å²) in [6.07, 6.45) is 10.1. The first-order valence-corrected chi connectivity index (χ1v) is 12.3. The molecular weight excluding hydrogens is 376 g/mol. The van der Waals surface area contributed by atoms with Crippen LogP contribution in [0.25, 0.3) is 0 Å². The lowest BCUT2D eigenvalue weighted by Gasteiger charge is -2.59. The summed E-state index contributed by atoms with van der Waals surface area (Å²) < 4.78 is 11.6. The summed E-state index contributed by atoms with van der Waals surface area (Å²) in [5, 5.41) is 0. The van der Waals surface area contributed by atoms with E-state index in [1.54, 1.807) is 6.08 Å². The standard InChI is InChI=1S/C26H40O4/c1-6-29-23(28)10-7-16(2)19-8-9-20-24-17(3)30-22-15-18(27)11-13-26(22,5)21(24)12-14-25(19,20)4/h15-17,19-21,24H,6-14H2,1-5H3/t16-,17+,19-,20?,21?,24?,25-,26-/m1/s1. The van der Waals surface area contributed by atoms with Crippen molar-refractivity contribution in [1.29, 1.82) is 0 Å². The molecule has 4 heteroatoms. The molecule has 0 amide bonds. The Bertz CT molecular complexity index is 727. The van der Waals surface area contributed by atoms with E-state index in [2.05, 4.69) is 27.7 Å². The summed E-state index contributed by atoms with van der Waals surface area (Å²) in [6.45, 7) is 11.8. The Morgan fingerprint density at radius 1 is 1.23 bits per heavy atom. The SMILES string of the molecule is CCOC(=O)CC[C@@H](C)[C@H]1CCC2C3C(CC[C@@]21C)[C@@]1(C)CCC(=O)C=C1O[C@H]3C. The van der Waals surface area contributed by atoms with Crippen molar-refractivity contribution in [1.82, 2.24) is 0 Å². The average molecular weight is 417 g/mol. The number of allylic oxidation sites excluding steroid dienone is 2. The third-order valence-corrected chi connectivity index (χ3v) is 9.62. The molecule has 0 aromatic heterocycles. The third-order valence-electron chi connectivity index (χ3n) is 9.62. The Kier molecular flexibility index (Phi) is 5.83. The molecule has 3 unspecified atom stereocenters. The maximum atomic E-state index is 12.0. The Labute approximate surface area is 182 Å². The second kappa shape index (κ2) is 7.98. The van der Waals surface area contributed by atoms with E-state index >= 15 is 0 Å². The van der Waals surface area contributed by atoms with Crippen molar-refractivity contribution in [2.24, 2.45) is 40.4 Å². The molecule has 168 valence electrons. The van der Waals surface area contributed by atoms with Crippen LogP contribution in [0.15, 0.2) is 11.8 Å². The van der Waals surface area contributed by atoms with Gasteiger partial charge in [-0.05, 0) is 81.5 Å². The number of hydrogen-bond donors (Lipinski definition) is 0. The molecule has 8 atom stereocenters. The van der Waals surface area contributed by atoms with Crippen LogP contribution in [0.5, 0.6) is 0 Å². The Hall–Kier alpha value is -1.32. The van der Waals surface area contributed by atoms with Crippen LogP contribution >= 0.6 is 0 Å². The maximum Gasteiger partial charge on any atom is 0.305 e. The van der Waals surface area contributed by atoms with Crippen LogP contribution in [-0.4, -0.2) is 24.5 Å². The number of hydrogen-bond acceptors (Lipinski definition) is 4. The molecule has 4 aliphatic rings. The van der Waals surface area contributed by atoms with Crippen LogP contribution in [0.4, 0.5) is 0 Å². The largest absolute Gasteiger partial charge is 0.494 e. The highest BCUT2D eigenvalue weighted by molar-refractivity contribution is 5.91. The topological polar surface area (TPSA) is 52.6 Å². The fraction of sp³-hybridized carbons (Fsp3) is 0.846. The van der Waals surface area contributed by atoms with Gasteiger partial charge in [0.2, 0.25) is 0 Å². The van der Waals surface area contributed by atoms with Crippen molar-refractivity contribution < 1.29 is 19.1 Å². The van der Waals surface area contributed by atoms with Crippen molar-refractivity contribution in [3.63, 3.8) is 0 Å². The molecule has 0 aromatic rings. The number of carbonyl (C=O) groups is 2. The average Bonchev–Trinajstić information content (AvgIpc) is 3.05. The number of rotatable bonds is 5. The zero-order valence-electron chi connectivity index (χ0n) is 19.5. The number of carbonyl (C=O) groups excluding carboxylic acids is 2. The lowest BCUT2D eigenvalue weighted by Crippen LogP contribution is -2.55. The molecule has 3 fully saturated rings. The second-order valence-electron chi connectivity index (χ2n) is 11.1. The minimum absolute atomic E-state index is 0.0278. The quantitative estimate of drug-likeness (QED) is 0.540. The molecule has 30 heavy (non-hydrogen) atoms. The zero-order chi connectivity index (χ0) is 21.7. The highest BCUT2D eigenvalue weighted by Gasteiger charge is 2.62. The van der Waals surface area contributed by atoms with E-state index in [0.717, 1.165) is 18.6 Å². The fourth-order valence-electron chi connectivity index (χ4n) is 8.05. The molecule has 1 aliphatic heterocycles. The minimum atomic E-state index is -0.0545. The number of esters is 1. The van der Waals surface area contributed by atoms with Gasteiger partial charge in [-0.3, -0.25) is 9.59 Å². The Morgan fingerprint density at radius 3 is 2.73 bits per heavy atom. The van der Waals surface area contributed by atoms with Gasteiger partial charge in [0.1, 0.15) is 5.76 Å². The molecule has 0 N–H and O–H groups in total. The summed E-state index contributed by atoms with van der Waals surface area (Å²) in [6, 6.07) is 0. The number of fused-ring (bicyclic) bond motifs is 5. The smallest absolute Gasteiger partial charge is 0.305 e. The molecule has 3 aliphatic carbocycles. The molecule has 1 heterocycles.